The molecule has 0 fully saturated rings. The molecule has 1 nitrogen and oxygen atoms in total. The van der Waals surface area contributed by atoms with Gasteiger partial charge in [-0.05, 0) is 35.9 Å². The second-order valence-electron chi connectivity index (χ2n) is 2.39. The lowest BCUT2D eigenvalue weighted by Crippen LogP contribution is -1.89. The Morgan fingerprint density at radius 3 is 2.83 bits per heavy atom. The molecule has 0 aromatic heterocycles. The molecule has 1 rings (SSSR count). The second-order valence-corrected chi connectivity index (χ2v) is 3.69. The fourth-order valence-corrected chi connectivity index (χ4v) is 1.64. The van der Waals surface area contributed by atoms with Gasteiger partial charge in [0.05, 0.1) is 11.6 Å². The summed E-state index contributed by atoms with van der Waals surface area (Å²) in [6, 6.07) is 7.69. The smallest absolute Gasteiger partial charge is 0.0991 e. The lowest BCUT2D eigenvalue weighted by atomic mass is 10.1. The number of thiol groups is 1. The summed E-state index contributed by atoms with van der Waals surface area (Å²) in [6.07, 6.45) is 0.888. The van der Waals surface area contributed by atoms with Crippen LogP contribution in [0.15, 0.2) is 22.7 Å². The molecular weight excluding hydrogens is 234 g/mol. The molecule has 0 amide bonds. The Balaban J connectivity index is 3.01. The summed E-state index contributed by atoms with van der Waals surface area (Å²) in [6.45, 7) is 0. The van der Waals surface area contributed by atoms with Crippen molar-refractivity contribution in [3.8, 4) is 6.07 Å². The summed E-state index contributed by atoms with van der Waals surface area (Å²) < 4.78 is 1.05. The Kier molecular flexibility index (Phi) is 3.64. The van der Waals surface area contributed by atoms with Crippen LogP contribution in [0.4, 0.5) is 0 Å². The van der Waals surface area contributed by atoms with Gasteiger partial charge in [-0.25, -0.2) is 0 Å². The van der Waals surface area contributed by atoms with Crippen LogP contribution in [-0.2, 0) is 6.42 Å². The van der Waals surface area contributed by atoms with Crippen molar-refractivity contribution in [2.75, 3.05) is 5.75 Å². The van der Waals surface area contributed by atoms with Gasteiger partial charge in [0.25, 0.3) is 0 Å². The van der Waals surface area contributed by atoms with Gasteiger partial charge < -0.3 is 0 Å². The number of hydrogen-bond donors (Lipinski definition) is 1. The predicted octanol–water partition coefficient (Wildman–Crippen LogP) is 2.79. The quantitative estimate of drug-likeness (QED) is 0.792. The summed E-state index contributed by atoms with van der Waals surface area (Å²) in [4.78, 5) is 0. The van der Waals surface area contributed by atoms with E-state index < -0.39 is 0 Å². The Hall–Kier alpha value is -0.460. The standard InChI is InChI=1S/C9H8BrNS/c10-9-2-1-7(6-11)5-8(9)3-4-12/h1-2,5,12H,3-4H2. The zero-order valence-corrected chi connectivity index (χ0v) is 8.90. The molecule has 0 saturated carbocycles. The molecule has 0 aliphatic carbocycles. The Morgan fingerprint density at radius 2 is 2.25 bits per heavy atom. The monoisotopic (exact) mass is 241 g/mol. The number of halogens is 1. The topological polar surface area (TPSA) is 23.8 Å². The first kappa shape index (κ1) is 9.63. The van der Waals surface area contributed by atoms with Crippen molar-refractivity contribution in [1.82, 2.24) is 0 Å². The lowest BCUT2D eigenvalue weighted by molar-refractivity contribution is 1.14. The van der Waals surface area contributed by atoms with Gasteiger partial charge in [0.15, 0.2) is 0 Å². The highest BCUT2D eigenvalue weighted by Crippen LogP contribution is 2.18. The summed E-state index contributed by atoms with van der Waals surface area (Å²) in [5.41, 5.74) is 1.85. The number of nitrogens with zero attached hydrogens (tertiary/aromatic N) is 1. The van der Waals surface area contributed by atoms with Crippen molar-refractivity contribution in [2.24, 2.45) is 0 Å². The molecule has 12 heavy (non-hydrogen) atoms. The Morgan fingerprint density at radius 1 is 1.50 bits per heavy atom. The van der Waals surface area contributed by atoms with Crippen LogP contribution in [0.1, 0.15) is 11.1 Å². The first-order chi connectivity index (χ1) is 5.77. The van der Waals surface area contributed by atoms with Crippen LogP contribution in [0.25, 0.3) is 0 Å². The van der Waals surface area contributed by atoms with E-state index in [2.05, 4.69) is 34.6 Å². The van der Waals surface area contributed by atoms with E-state index >= 15 is 0 Å². The van der Waals surface area contributed by atoms with E-state index in [9.17, 15) is 0 Å². The maximum Gasteiger partial charge on any atom is 0.0991 e. The average Bonchev–Trinajstić information content (AvgIpc) is 2.09. The highest BCUT2D eigenvalue weighted by atomic mass is 79.9. The molecular formula is C9H8BrNS. The van der Waals surface area contributed by atoms with E-state index in [4.69, 9.17) is 5.26 Å². The van der Waals surface area contributed by atoms with Gasteiger partial charge in [0.1, 0.15) is 0 Å². The number of aryl methyl sites for hydroxylation is 1. The lowest BCUT2D eigenvalue weighted by Gasteiger charge is -2.01. The van der Waals surface area contributed by atoms with Gasteiger partial charge in [-0.2, -0.15) is 17.9 Å². The number of benzene rings is 1. The number of rotatable bonds is 2. The largest absolute Gasteiger partial charge is 0.192 e. The zero-order valence-electron chi connectivity index (χ0n) is 6.42. The van der Waals surface area contributed by atoms with Crippen LogP contribution < -0.4 is 0 Å². The normalized spacial score (nSPS) is 9.42. The van der Waals surface area contributed by atoms with E-state index in [0.29, 0.717) is 5.56 Å². The summed E-state index contributed by atoms with van der Waals surface area (Å²) in [5.74, 6) is 0.799. The van der Waals surface area contributed by atoms with Crippen LogP contribution in [-0.4, -0.2) is 5.75 Å². The summed E-state index contributed by atoms with van der Waals surface area (Å²) in [5, 5.41) is 8.64. The van der Waals surface area contributed by atoms with Gasteiger partial charge in [0.2, 0.25) is 0 Å². The highest BCUT2D eigenvalue weighted by Gasteiger charge is 1.99. The van der Waals surface area contributed by atoms with Crippen molar-refractivity contribution < 1.29 is 0 Å². The van der Waals surface area contributed by atoms with E-state index in [1.165, 1.54) is 0 Å². The van der Waals surface area contributed by atoms with Crippen LogP contribution in [0.5, 0.6) is 0 Å². The SMILES string of the molecule is N#Cc1ccc(Br)c(CCS)c1. The molecule has 62 valence electrons. The van der Waals surface area contributed by atoms with E-state index in [1.807, 2.05) is 12.1 Å². The maximum atomic E-state index is 8.64. The average molecular weight is 242 g/mol. The van der Waals surface area contributed by atoms with E-state index in [1.54, 1.807) is 6.07 Å². The molecule has 3 heteroatoms. The summed E-state index contributed by atoms with van der Waals surface area (Å²) in [7, 11) is 0. The Labute approximate surface area is 85.9 Å². The second kappa shape index (κ2) is 4.54. The van der Waals surface area contributed by atoms with Crippen LogP contribution in [0.2, 0.25) is 0 Å². The van der Waals surface area contributed by atoms with Crippen LogP contribution in [0, 0.1) is 11.3 Å². The predicted molar refractivity (Wildman–Crippen MR) is 56.4 cm³/mol. The van der Waals surface area contributed by atoms with Crippen LogP contribution in [0.3, 0.4) is 0 Å². The van der Waals surface area contributed by atoms with Gasteiger partial charge in [-0.3, -0.25) is 0 Å². The molecule has 1 aromatic rings. The minimum atomic E-state index is 0.704. The molecule has 1 aromatic carbocycles. The Bertz CT molecular complexity index is 317. The third kappa shape index (κ3) is 2.26. The van der Waals surface area contributed by atoms with Gasteiger partial charge in [-0.15, -0.1) is 0 Å². The molecule has 0 aliphatic rings. The number of nitriles is 1. The first-order valence-corrected chi connectivity index (χ1v) is 5.00. The molecule has 0 atom stereocenters. The maximum absolute atomic E-state index is 8.64. The third-order valence-corrected chi connectivity index (χ3v) is 2.55. The van der Waals surface area contributed by atoms with Crippen LogP contribution >= 0.6 is 28.6 Å². The molecule has 0 saturated heterocycles. The molecule has 0 unspecified atom stereocenters. The molecule has 0 bridgehead atoms. The molecule has 0 heterocycles. The molecule has 0 radical (unpaired) electrons. The fraction of sp³-hybridized carbons (Fsp3) is 0.222. The van der Waals surface area contributed by atoms with Gasteiger partial charge >= 0.3 is 0 Å². The van der Waals surface area contributed by atoms with Crippen molar-refractivity contribution in [3.63, 3.8) is 0 Å². The molecule has 0 aliphatic heterocycles. The van der Waals surface area contributed by atoms with Crippen molar-refractivity contribution in [3.05, 3.63) is 33.8 Å². The van der Waals surface area contributed by atoms with E-state index in [0.717, 1.165) is 22.2 Å². The summed E-state index contributed by atoms with van der Waals surface area (Å²) >= 11 is 7.56. The fourth-order valence-electron chi connectivity index (χ4n) is 0.956. The third-order valence-electron chi connectivity index (χ3n) is 1.56. The number of hydrogen-bond acceptors (Lipinski definition) is 2. The van der Waals surface area contributed by atoms with Crippen molar-refractivity contribution >= 4 is 28.6 Å². The minimum Gasteiger partial charge on any atom is -0.192 e. The van der Waals surface area contributed by atoms with Gasteiger partial charge in [0, 0.05) is 4.47 Å². The highest BCUT2D eigenvalue weighted by molar-refractivity contribution is 9.10. The molecule has 0 spiro atoms. The van der Waals surface area contributed by atoms with E-state index in [-0.39, 0.29) is 0 Å². The minimum absolute atomic E-state index is 0.704. The van der Waals surface area contributed by atoms with Gasteiger partial charge in [-0.1, -0.05) is 15.9 Å². The van der Waals surface area contributed by atoms with Crippen molar-refractivity contribution in [1.29, 1.82) is 5.26 Å². The molecule has 0 N–H and O–H groups in total. The zero-order chi connectivity index (χ0) is 8.97. The van der Waals surface area contributed by atoms with Crippen molar-refractivity contribution in [2.45, 2.75) is 6.42 Å². The first-order valence-electron chi connectivity index (χ1n) is 3.57.